The van der Waals surface area contributed by atoms with Crippen LogP contribution in [0.5, 0.6) is 5.75 Å². The fourth-order valence-corrected chi connectivity index (χ4v) is 1.84. The van der Waals surface area contributed by atoms with Crippen molar-refractivity contribution in [2.75, 3.05) is 7.11 Å². The average molecular weight is 255 g/mol. The number of ether oxygens (including phenoxy) is 1. The van der Waals surface area contributed by atoms with Crippen LogP contribution in [0.25, 0.3) is 11.3 Å². The lowest BCUT2D eigenvalue weighted by atomic mass is 10.0. The summed E-state index contributed by atoms with van der Waals surface area (Å²) in [6.45, 7) is 3.95. The quantitative estimate of drug-likeness (QED) is 0.889. The van der Waals surface area contributed by atoms with Crippen LogP contribution in [0, 0.1) is 25.2 Å². The Bertz CT molecular complexity index is 726. The van der Waals surface area contributed by atoms with Gasteiger partial charge in [-0.3, -0.25) is 4.79 Å². The molecule has 2 aromatic rings. The molecule has 5 heteroatoms. The van der Waals surface area contributed by atoms with Gasteiger partial charge in [0.1, 0.15) is 17.5 Å². The third kappa shape index (κ3) is 2.33. The normalized spacial score (nSPS) is 10.0. The third-order valence-electron chi connectivity index (χ3n) is 3.00. The number of H-pyrrole nitrogens is 1. The molecule has 1 aromatic heterocycles. The number of nitrogens with one attached hydrogen (secondary N) is 1. The maximum absolute atomic E-state index is 11.2. The molecule has 96 valence electrons. The number of rotatable bonds is 2. The summed E-state index contributed by atoms with van der Waals surface area (Å²) < 4.78 is 5.32. The van der Waals surface area contributed by atoms with Crippen molar-refractivity contribution in [2.24, 2.45) is 0 Å². The Morgan fingerprint density at radius 2 is 1.95 bits per heavy atom. The van der Waals surface area contributed by atoms with Crippen molar-refractivity contribution >= 4 is 0 Å². The second kappa shape index (κ2) is 4.94. The minimum Gasteiger partial charge on any atom is -0.496 e. The SMILES string of the molecule is COc1cc(C)c(C)cc1-c1n[nH]c(=O)cc1C#N. The van der Waals surface area contributed by atoms with E-state index in [0.29, 0.717) is 17.0 Å². The zero-order valence-corrected chi connectivity index (χ0v) is 10.9. The van der Waals surface area contributed by atoms with Crippen LogP contribution >= 0.6 is 0 Å². The molecule has 0 aliphatic rings. The van der Waals surface area contributed by atoms with E-state index in [2.05, 4.69) is 10.2 Å². The molecule has 0 atom stereocenters. The highest BCUT2D eigenvalue weighted by Crippen LogP contribution is 2.32. The van der Waals surface area contributed by atoms with Crippen LogP contribution in [0.2, 0.25) is 0 Å². The van der Waals surface area contributed by atoms with Gasteiger partial charge < -0.3 is 4.74 Å². The number of nitrogens with zero attached hydrogens (tertiary/aromatic N) is 2. The van der Waals surface area contributed by atoms with Gasteiger partial charge in [-0.15, -0.1) is 0 Å². The first-order chi connectivity index (χ1) is 9.06. The maximum Gasteiger partial charge on any atom is 0.265 e. The maximum atomic E-state index is 11.2. The van der Waals surface area contributed by atoms with Gasteiger partial charge in [-0.2, -0.15) is 10.4 Å². The highest BCUT2D eigenvalue weighted by Gasteiger charge is 2.14. The van der Waals surface area contributed by atoms with Crippen LogP contribution in [0.3, 0.4) is 0 Å². The fraction of sp³-hybridized carbons (Fsp3) is 0.214. The highest BCUT2D eigenvalue weighted by atomic mass is 16.5. The molecule has 0 radical (unpaired) electrons. The summed E-state index contributed by atoms with van der Waals surface area (Å²) in [7, 11) is 1.56. The largest absolute Gasteiger partial charge is 0.496 e. The van der Waals surface area contributed by atoms with Crippen molar-refractivity contribution in [1.29, 1.82) is 5.26 Å². The van der Waals surface area contributed by atoms with Gasteiger partial charge in [-0.1, -0.05) is 0 Å². The minimum absolute atomic E-state index is 0.227. The van der Waals surface area contributed by atoms with Crippen LogP contribution in [0.1, 0.15) is 16.7 Å². The van der Waals surface area contributed by atoms with Gasteiger partial charge in [-0.25, -0.2) is 5.10 Å². The lowest BCUT2D eigenvalue weighted by Gasteiger charge is -2.11. The Balaban J connectivity index is 2.75. The minimum atomic E-state index is -0.400. The van der Waals surface area contributed by atoms with Gasteiger partial charge in [-0.05, 0) is 37.1 Å². The number of aromatic amines is 1. The fourth-order valence-electron chi connectivity index (χ4n) is 1.84. The van der Waals surface area contributed by atoms with E-state index in [-0.39, 0.29) is 5.56 Å². The van der Waals surface area contributed by atoms with Crippen molar-refractivity contribution < 1.29 is 4.74 Å². The lowest BCUT2D eigenvalue weighted by Crippen LogP contribution is -2.09. The van der Waals surface area contributed by atoms with Crippen molar-refractivity contribution in [1.82, 2.24) is 10.2 Å². The smallest absolute Gasteiger partial charge is 0.265 e. The van der Waals surface area contributed by atoms with E-state index in [9.17, 15) is 4.79 Å². The number of benzene rings is 1. The molecular weight excluding hydrogens is 242 g/mol. The van der Waals surface area contributed by atoms with Gasteiger partial charge in [0.2, 0.25) is 0 Å². The molecule has 0 amide bonds. The van der Waals surface area contributed by atoms with Gasteiger partial charge in [0.05, 0.1) is 12.7 Å². The predicted octanol–water partition coefficient (Wildman–Crippen LogP) is 1.93. The van der Waals surface area contributed by atoms with Crippen LogP contribution < -0.4 is 10.3 Å². The van der Waals surface area contributed by atoms with E-state index in [4.69, 9.17) is 10.00 Å². The van der Waals surface area contributed by atoms with Crippen LogP contribution in [-0.4, -0.2) is 17.3 Å². The monoisotopic (exact) mass is 255 g/mol. The zero-order valence-electron chi connectivity index (χ0n) is 10.9. The Morgan fingerprint density at radius 3 is 2.58 bits per heavy atom. The zero-order chi connectivity index (χ0) is 14.0. The molecule has 0 spiro atoms. The second-order valence-corrected chi connectivity index (χ2v) is 4.24. The topological polar surface area (TPSA) is 78.8 Å². The molecule has 0 aliphatic heterocycles. The standard InChI is InChI=1S/C14H13N3O2/c1-8-4-11(12(19-3)5-9(8)2)14-10(7-15)6-13(18)16-17-14/h4-6H,1-3H3,(H,16,18). The second-order valence-electron chi connectivity index (χ2n) is 4.24. The number of nitriles is 1. The molecule has 0 bridgehead atoms. The first-order valence-corrected chi connectivity index (χ1v) is 5.72. The summed E-state index contributed by atoms with van der Waals surface area (Å²) in [5.74, 6) is 0.624. The molecule has 1 N–H and O–H groups in total. The van der Waals surface area contributed by atoms with E-state index in [1.165, 1.54) is 6.07 Å². The number of aromatic nitrogens is 2. The number of hydrogen-bond donors (Lipinski definition) is 1. The molecule has 0 aliphatic carbocycles. The van der Waals surface area contributed by atoms with Crippen molar-refractivity contribution in [3.8, 4) is 23.1 Å². The lowest BCUT2D eigenvalue weighted by molar-refractivity contribution is 0.416. The highest BCUT2D eigenvalue weighted by molar-refractivity contribution is 5.73. The summed E-state index contributed by atoms with van der Waals surface area (Å²) in [6.07, 6.45) is 0. The van der Waals surface area contributed by atoms with E-state index in [0.717, 1.165) is 11.1 Å². The van der Waals surface area contributed by atoms with Crippen molar-refractivity contribution in [2.45, 2.75) is 13.8 Å². The summed E-state index contributed by atoms with van der Waals surface area (Å²) in [5.41, 5.74) is 3.09. The summed E-state index contributed by atoms with van der Waals surface area (Å²) in [5, 5.41) is 15.4. The Kier molecular flexibility index (Phi) is 3.34. The summed E-state index contributed by atoms with van der Waals surface area (Å²) in [4.78, 5) is 11.2. The molecule has 5 nitrogen and oxygen atoms in total. The van der Waals surface area contributed by atoms with E-state index >= 15 is 0 Å². The molecule has 1 heterocycles. The van der Waals surface area contributed by atoms with Crippen LogP contribution in [-0.2, 0) is 0 Å². The molecule has 19 heavy (non-hydrogen) atoms. The molecule has 1 aromatic carbocycles. The first-order valence-electron chi connectivity index (χ1n) is 5.72. The molecule has 0 unspecified atom stereocenters. The number of aryl methyl sites for hydroxylation is 2. The third-order valence-corrected chi connectivity index (χ3v) is 3.00. The molecule has 0 saturated carbocycles. The van der Waals surface area contributed by atoms with E-state index in [1.807, 2.05) is 32.0 Å². The van der Waals surface area contributed by atoms with Gasteiger partial charge in [0.15, 0.2) is 0 Å². The Labute approximate surface area is 110 Å². The molecule has 2 rings (SSSR count). The number of hydrogen-bond acceptors (Lipinski definition) is 4. The summed E-state index contributed by atoms with van der Waals surface area (Å²) >= 11 is 0. The number of methoxy groups -OCH3 is 1. The van der Waals surface area contributed by atoms with E-state index in [1.54, 1.807) is 7.11 Å². The molecule has 0 saturated heterocycles. The van der Waals surface area contributed by atoms with Gasteiger partial charge in [0, 0.05) is 11.6 Å². The first kappa shape index (κ1) is 12.8. The van der Waals surface area contributed by atoms with Gasteiger partial charge >= 0.3 is 0 Å². The van der Waals surface area contributed by atoms with Crippen molar-refractivity contribution in [3.63, 3.8) is 0 Å². The van der Waals surface area contributed by atoms with Crippen molar-refractivity contribution in [3.05, 3.63) is 45.2 Å². The Morgan fingerprint density at radius 1 is 1.26 bits per heavy atom. The van der Waals surface area contributed by atoms with Crippen LogP contribution in [0.4, 0.5) is 0 Å². The average Bonchev–Trinajstić information content (AvgIpc) is 2.41. The van der Waals surface area contributed by atoms with Gasteiger partial charge in [0.25, 0.3) is 5.56 Å². The van der Waals surface area contributed by atoms with E-state index < -0.39 is 5.56 Å². The molecular formula is C14H13N3O2. The summed E-state index contributed by atoms with van der Waals surface area (Å²) in [6, 6.07) is 7.00. The predicted molar refractivity (Wildman–Crippen MR) is 71.0 cm³/mol. The Hall–Kier alpha value is -2.61. The molecule has 0 fully saturated rings. The van der Waals surface area contributed by atoms with Crippen LogP contribution in [0.15, 0.2) is 23.0 Å².